The molecule has 0 aliphatic rings. The van der Waals surface area contributed by atoms with Crippen LogP contribution >= 0.6 is 27.5 Å². The molecule has 3 aromatic carbocycles. The second-order valence-electron chi connectivity index (χ2n) is 6.93. The Morgan fingerprint density at radius 3 is 2.61 bits per heavy atom. The number of halogens is 2. The smallest absolute Gasteiger partial charge is 0.256 e. The first-order valence-electron chi connectivity index (χ1n) is 9.62. The minimum atomic E-state index is -0.221. The van der Waals surface area contributed by atoms with Gasteiger partial charge in [0, 0.05) is 27.3 Å². The van der Waals surface area contributed by atoms with Crippen LogP contribution in [0.15, 0.2) is 89.5 Å². The van der Waals surface area contributed by atoms with Gasteiger partial charge in [0.1, 0.15) is 12.4 Å². The second kappa shape index (κ2) is 9.81. The van der Waals surface area contributed by atoms with E-state index in [-0.39, 0.29) is 5.91 Å². The third-order valence-electron chi connectivity index (χ3n) is 4.53. The molecule has 31 heavy (non-hydrogen) atoms. The molecule has 4 rings (SSSR count). The molecule has 0 aliphatic heterocycles. The molecule has 0 bridgehead atoms. The van der Waals surface area contributed by atoms with Crippen LogP contribution in [0.4, 0.5) is 5.82 Å². The Morgan fingerprint density at radius 1 is 1.00 bits per heavy atom. The molecule has 0 aliphatic carbocycles. The lowest BCUT2D eigenvalue weighted by Gasteiger charge is -2.08. The van der Waals surface area contributed by atoms with Gasteiger partial charge >= 0.3 is 0 Å². The maximum atomic E-state index is 12.7. The highest BCUT2D eigenvalue weighted by Gasteiger charge is 2.09. The number of rotatable bonds is 7. The molecule has 0 unspecified atom stereocenters. The highest BCUT2D eigenvalue weighted by Crippen LogP contribution is 2.19. The van der Waals surface area contributed by atoms with Crippen LogP contribution in [-0.4, -0.2) is 15.7 Å². The normalized spacial score (nSPS) is 10.6. The van der Waals surface area contributed by atoms with Gasteiger partial charge in [0.15, 0.2) is 5.82 Å². The zero-order valence-electron chi connectivity index (χ0n) is 16.5. The highest BCUT2D eigenvalue weighted by atomic mass is 79.9. The van der Waals surface area contributed by atoms with E-state index >= 15 is 0 Å². The van der Waals surface area contributed by atoms with Crippen LogP contribution in [0.1, 0.15) is 21.5 Å². The van der Waals surface area contributed by atoms with Crippen molar-refractivity contribution in [1.82, 2.24) is 9.78 Å². The van der Waals surface area contributed by atoms with E-state index in [2.05, 4.69) is 26.3 Å². The summed E-state index contributed by atoms with van der Waals surface area (Å²) in [5.41, 5.74) is 2.52. The van der Waals surface area contributed by atoms with Gasteiger partial charge in [0.2, 0.25) is 0 Å². The number of nitrogens with one attached hydrogen (secondary N) is 1. The van der Waals surface area contributed by atoms with Crippen molar-refractivity contribution in [3.8, 4) is 5.75 Å². The predicted molar refractivity (Wildman–Crippen MR) is 126 cm³/mol. The fourth-order valence-corrected chi connectivity index (χ4v) is 3.51. The molecule has 0 atom stereocenters. The van der Waals surface area contributed by atoms with E-state index in [9.17, 15) is 4.79 Å². The molecule has 156 valence electrons. The molecule has 0 saturated heterocycles. The summed E-state index contributed by atoms with van der Waals surface area (Å²) in [6.45, 7) is 0.961. The first-order chi connectivity index (χ1) is 15.0. The lowest BCUT2D eigenvalue weighted by Crippen LogP contribution is -2.13. The Bertz CT molecular complexity index is 1190. The lowest BCUT2D eigenvalue weighted by atomic mass is 10.1. The van der Waals surface area contributed by atoms with Crippen LogP contribution in [0.3, 0.4) is 0 Å². The summed E-state index contributed by atoms with van der Waals surface area (Å²) in [5.74, 6) is 1.03. The van der Waals surface area contributed by atoms with Gasteiger partial charge in [0.05, 0.1) is 6.54 Å². The molecule has 7 heteroatoms. The second-order valence-corrected chi connectivity index (χ2v) is 8.28. The SMILES string of the molecule is O=C(Nc1ccn(Cc2ccc(Cl)cc2)n1)c1cccc(COc2cccc(Br)c2)c1. The number of nitrogens with zero attached hydrogens (tertiary/aromatic N) is 2. The van der Waals surface area contributed by atoms with Crippen molar-refractivity contribution < 1.29 is 9.53 Å². The van der Waals surface area contributed by atoms with Crippen molar-refractivity contribution >= 4 is 39.3 Å². The maximum Gasteiger partial charge on any atom is 0.256 e. The quantitative estimate of drug-likeness (QED) is 0.332. The van der Waals surface area contributed by atoms with E-state index in [1.165, 1.54) is 0 Å². The zero-order chi connectivity index (χ0) is 21.6. The van der Waals surface area contributed by atoms with Crippen LogP contribution in [0, 0.1) is 0 Å². The predicted octanol–water partition coefficient (Wildman–Crippen LogP) is 6.18. The Balaban J connectivity index is 1.37. The number of benzene rings is 3. The Labute approximate surface area is 193 Å². The number of aromatic nitrogens is 2. The van der Waals surface area contributed by atoms with E-state index in [1.54, 1.807) is 16.8 Å². The van der Waals surface area contributed by atoms with Gasteiger partial charge in [-0.1, -0.05) is 57.9 Å². The fraction of sp³-hybridized carbons (Fsp3) is 0.0833. The summed E-state index contributed by atoms with van der Waals surface area (Å²) < 4.78 is 8.52. The van der Waals surface area contributed by atoms with E-state index in [1.807, 2.05) is 72.9 Å². The van der Waals surface area contributed by atoms with Crippen LogP contribution in [0.5, 0.6) is 5.75 Å². The van der Waals surface area contributed by atoms with E-state index in [0.717, 1.165) is 21.3 Å². The zero-order valence-corrected chi connectivity index (χ0v) is 18.8. The van der Waals surface area contributed by atoms with Gasteiger partial charge in [-0.2, -0.15) is 5.10 Å². The summed E-state index contributed by atoms with van der Waals surface area (Å²) in [6.07, 6.45) is 1.83. The van der Waals surface area contributed by atoms with Gasteiger partial charge in [-0.25, -0.2) is 0 Å². The maximum absolute atomic E-state index is 12.7. The molecule has 0 fully saturated rings. The number of anilines is 1. The van der Waals surface area contributed by atoms with Gasteiger partial charge in [-0.3, -0.25) is 9.48 Å². The average molecular weight is 497 g/mol. The van der Waals surface area contributed by atoms with Gasteiger partial charge in [-0.15, -0.1) is 0 Å². The minimum Gasteiger partial charge on any atom is -0.489 e. The standard InChI is InChI=1S/C24H19BrClN3O2/c25-20-5-2-6-22(14-20)31-16-18-3-1-4-19(13-18)24(30)27-23-11-12-29(28-23)15-17-7-9-21(26)10-8-17/h1-14H,15-16H2,(H,27,28,30). The Hall–Kier alpha value is -3.09. The number of amides is 1. The Morgan fingerprint density at radius 2 is 1.81 bits per heavy atom. The summed E-state index contributed by atoms with van der Waals surface area (Å²) in [4.78, 5) is 12.7. The van der Waals surface area contributed by atoms with Crippen LogP contribution in [0.25, 0.3) is 0 Å². The number of hydrogen-bond acceptors (Lipinski definition) is 3. The third-order valence-corrected chi connectivity index (χ3v) is 5.28. The van der Waals surface area contributed by atoms with E-state index < -0.39 is 0 Å². The minimum absolute atomic E-state index is 0.221. The fourth-order valence-electron chi connectivity index (χ4n) is 3.01. The van der Waals surface area contributed by atoms with Crippen molar-refractivity contribution in [1.29, 1.82) is 0 Å². The highest BCUT2D eigenvalue weighted by molar-refractivity contribution is 9.10. The van der Waals surface area contributed by atoms with Crippen molar-refractivity contribution in [2.75, 3.05) is 5.32 Å². The molecule has 0 radical (unpaired) electrons. The van der Waals surface area contributed by atoms with Crippen LogP contribution in [0.2, 0.25) is 5.02 Å². The molecular weight excluding hydrogens is 478 g/mol. The molecule has 1 aromatic heterocycles. The number of carbonyl (C=O) groups excluding carboxylic acids is 1. The molecule has 4 aromatic rings. The topological polar surface area (TPSA) is 56.2 Å². The number of carbonyl (C=O) groups is 1. The van der Waals surface area contributed by atoms with E-state index in [4.69, 9.17) is 16.3 Å². The molecule has 1 heterocycles. The number of hydrogen-bond donors (Lipinski definition) is 1. The first kappa shape index (κ1) is 21.2. The summed E-state index contributed by atoms with van der Waals surface area (Å²) in [6, 6.07) is 24.3. The van der Waals surface area contributed by atoms with Gasteiger partial charge < -0.3 is 10.1 Å². The van der Waals surface area contributed by atoms with Crippen LogP contribution < -0.4 is 10.1 Å². The average Bonchev–Trinajstić information content (AvgIpc) is 3.21. The summed E-state index contributed by atoms with van der Waals surface area (Å²) in [7, 11) is 0. The van der Waals surface area contributed by atoms with Crippen LogP contribution in [-0.2, 0) is 13.2 Å². The van der Waals surface area contributed by atoms with Crippen molar-refractivity contribution in [2.45, 2.75) is 13.2 Å². The lowest BCUT2D eigenvalue weighted by molar-refractivity contribution is 0.102. The number of ether oxygens (including phenoxy) is 1. The van der Waals surface area contributed by atoms with E-state index in [0.29, 0.717) is 29.6 Å². The molecule has 1 N–H and O–H groups in total. The van der Waals surface area contributed by atoms with Crippen molar-refractivity contribution in [2.24, 2.45) is 0 Å². The largest absolute Gasteiger partial charge is 0.489 e. The Kier molecular flexibility index (Phi) is 6.70. The molecule has 1 amide bonds. The molecule has 0 saturated carbocycles. The van der Waals surface area contributed by atoms with Gasteiger partial charge in [0.25, 0.3) is 5.91 Å². The summed E-state index contributed by atoms with van der Waals surface area (Å²) >= 11 is 9.35. The van der Waals surface area contributed by atoms with Gasteiger partial charge in [-0.05, 0) is 53.6 Å². The third kappa shape index (κ3) is 5.96. The molecule has 5 nitrogen and oxygen atoms in total. The van der Waals surface area contributed by atoms with Crippen molar-refractivity contribution in [3.05, 3.63) is 111 Å². The monoisotopic (exact) mass is 495 g/mol. The molecule has 0 spiro atoms. The summed E-state index contributed by atoms with van der Waals surface area (Å²) in [5, 5.41) is 7.96. The molecular formula is C24H19BrClN3O2. The first-order valence-corrected chi connectivity index (χ1v) is 10.8. The van der Waals surface area contributed by atoms with Crippen molar-refractivity contribution in [3.63, 3.8) is 0 Å².